The molecule has 0 heterocycles. The van der Waals surface area contributed by atoms with Crippen molar-refractivity contribution in [3.05, 3.63) is 22.7 Å². The molecule has 0 unspecified atom stereocenters. The predicted molar refractivity (Wildman–Crippen MR) is 64.0 cm³/mol. The van der Waals surface area contributed by atoms with Gasteiger partial charge >= 0.3 is 0 Å². The van der Waals surface area contributed by atoms with Crippen LogP contribution in [-0.2, 0) is 5.41 Å². The zero-order chi connectivity index (χ0) is 11.8. The molecule has 0 saturated heterocycles. The first-order chi connectivity index (χ1) is 7.60. The van der Waals surface area contributed by atoms with Gasteiger partial charge in [0.25, 0.3) is 0 Å². The van der Waals surface area contributed by atoms with Crippen molar-refractivity contribution in [1.29, 1.82) is 0 Å². The number of hydrogen-bond acceptors (Lipinski definition) is 3. The molecule has 1 aliphatic rings. The number of nitrogens with two attached hydrogens (primary N) is 1. The Morgan fingerprint density at radius 3 is 2.38 bits per heavy atom. The number of aromatic hydroxyl groups is 2. The molecule has 0 bridgehead atoms. The van der Waals surface area contributed by atoms with E-state index in [0.717, 1.165) is 31.2 Å². The van der Waals surface area contributed by atoms with E-state index in [1.54, 1.807) is 12.1 Å². The fourth-order valence-corrected chi connectivity index (χ4v) is 2.77. The summed E-state index contributed by atoms with van der Waals surface area (Å²) < 4.78 is 0. The predicted octanol–water partition coefficient (Wildman–Crippen LogP) is 2.52. The van der Waals surface area contributed by atoms with E-state index in [0.29, 0.717) is 6.54 Å². The molecule has 0 atom stereocenters. The highest BCUT2D eigenvalue weighted by Gasteiger charge is 2.37. The Morgan fingerprint density at radius 1 is 1.19 bits per heavy atom. The first-order valence-electron chi connectivity index (χ1n) is 5.52. The normalized spacial score (nSPS) is 18.9. The van der Waals surface area contributed by atoms with E-state index in [1.807, 2.05) is 0 Å². The lowest BCUT2D eigenvalue weighted by molar-refractivity contribution is 0.372. The Bertz CT molecular complexity index is 400. The van der Waals surface area contributed by atoms with Crippen molar-refractivity contribution in [2.24, 2.45) is 5.73 Å². The first-order valence-corrected chi connectivity index (χ1v) is 5.89. The summed E-state index contributed by atoms with van der Waals surface area (Å²) in [6.07, 6.45) is 4.14. The molecule has 0 spiro atoms. The zero-order valence-corrected chi connectivity index (χ0v) is 9.80. The monoisotopic (exact) mass is 241 g/mol. The van der Waals surface area contributed by atoms with Crippen molar-refractivity contribution in [2.45, 2.75) is 31.1 Å². The summed E-state index contributed by atoms with van der Waals surface area (Å²) in [7, 11) is 0. The molecule has 0 aromatic heterocycles. The van der Waals surface area contributed by atoms with E-state index < -0.39 is 0 Å². The molecular formula is C12H16ClNO2. The van der Waals surface area contributed by atoms with Crippen LogP contribution in [0.2, 0.25) is 5.02 Å². The average Bonchev–Trinajstić information content (AvgIpc) is 2.76. The van der Waals surface area contributed by atoms with Gasteiger partial charge in [-0.25, -0.2) is 0 Å². The maximum absolute atomic E-state index is 9.95. The molecule has 1 aromatic carbocycles. The van der Waals surface area contributed by atoms with Gasteiger partial charge in [0.1, 0.15) is 0 Å². The van der Waals surface area contributed by atoms with Crippen molar-refractivity contribution < 1.29 is 10.2 Å². The standard InChI is InChI=1S/C12H16ClNO2/c13-9-4-3-8(10(15)11(9)16)12(7-14)5-1-2-6-12/h3-4,15-16H,1-2,5-7,14H2. The van der Waals surface area contributed by atoms with Gasteiger partial charge in [0.05, 0.1) is 5.02 Å². The van der Waals surface area contributed by atoms with Crippen LogP contribution in [0, 0.1) is 0 Å². The zero-order valence-electron chi connectivity index (χ0n) is 9.04. The van der Waals surface area contributed by atoms with E-state index in [-0.39, 0.29) is 21.9 Å². The van der Waals surface area contributed by atoms with Crippen LogP contribution in [0.3, 0.4) is 0 Å². The minimum atomic E-state index is -0.237. The largest absolute Gasteiger partial charge is 0.504 e. The lowest BCUT2D eigenvalue weighted by atomic mass is 9.78. The third-order valence-corrected chi connectivity index (χ3v) is 3.93. The van der Waals surface area contributed by atoms with Crippen LogP contribution in [0.5, 0.6) is 11.5 Å². The molecular weight excluding hydrogens is 226 g/mol. The highest BCUT2D eigenvalue weighted by atomic mass is 35.5. The van der Waals surface area contributed by atoms with Gasteiger partial charge in [-0.05, 0) is 18.9 Å². The summed E-state index contributed by atoms with van der Waals surface area (Å²) in [4.78, 5) is 0. The molecule has 1 fully saturated rings. The molecule has 1 aliphatic carbocycles. The average molecular weight is 242 g/mol. The van der Waals surface area contributed by atoms with Gasteiger partial charge in [0.15, 0.2) is 11.5 Å². The van der Waals surface area contributed by atoms with Crippen molar-refractivity contribution >= 4 is 11.6 Å². The Labute approximate surface area is 99.8 Å². The van der Waals surface area contributed by atoms with Crippen molar-refractivity contribution in [1.82, 2.24) is 0 Å². The highest BCUT2D eigenvalue weighted by Crippen LogP contribution is 2.47. The van der Waals surface area contributed by atoms with Crippen molar-refractivity contribution in [3.8, 4) is 11.5 Å². The van der Waals surface area contributed by atoms with Crippen LogP contribution in [0.25, 0.3) is 0 Å². The van der Waals surface area contributed by atoms with Crippen LogP contribution in [0.15, 0.2) is 12.1 Å². The van der Waals surface area contributed by atoms with Crippen LogP contribution in [0.4, 0.5) is 0 Å². The third kappa shape index (κ3) is 1.64. The Morgan fingerprint density at radius 2 is 1.81 bits per heavy atom. The fourth-order valence-electron chi connectivity index (χ4n) is 2.62. The number of phenolic OH excluding ortho intramolecular Hbond substituents is 2. The molecule has 2 rings (SSSR count). The Balaban J connectivity index is 2.51. The number of benzene rings is 1. The van der Waals surface area contributed by atoms with Crippen molar-refractivity contribution in [2.75, 3.05) is 6.54 Å². The van der Waals surface area contributed by atoms with E-state index >= 15 is 0 Å². The van der Waals surface area contributed by atoms with E-state index in [1.165, 1.54) is 0 Å². The number of phenols is 2. The third-order valence-electron chi connectivity index (χ3n) is 3.62. The Kier molecular flexibility index (Phi) is 3.00. The maximum atomic E-state index is 9.95. The second-order valence-corrected chi connectivity index (χ2v) is 4.89. The molecule has 0 radical (unpaired) electrons. The van der Waals surface area contributed by atoms with Gasteiger partial charge in [-0.15, -0.1) is 0 Å². The summed E-state index contributed by atoms with van der Waals surface area (Å²) >= 11 is 5.74. The van der Waals surface area contributed by atoms with Crippen LogP contribution in [-0.4, -0.2) is 16.8 Å². The van der Waals surface area contributed by atoms with E-state index in [4.69, 9.17) is 17.3 Å². The molecule has 0 amide bonds. The van der Waals surface area contributed by atoms with Gasteiger partial charge in [-0.1, -0.05) is 30.5 Å². The molecule has 4 heteroatoms. The maximum Gasteiger partial charge on any atom is 0.176 e. The molecule has 3 nitrogen and oxygen atoms in total. The smallest absolute Gasteiger partial charge is 0.176 e. The summed E-state index contributed by atoms with van der Waals surface area (Å²) in [6.45, 7) is 0.488. The molecule has 16 heavy (non-hydrogen) atoms. The molecule has 0 aliphatic heterocycles. The first kappa shape index (κ1) is 11.6. The second-order valence-electron chi connectivity index (χ2n) is 4.48. The van der Waals surface area contributed by atoms with Crippen LogP contribution in [0.1, 0.15) is 31.2 Å². The quantitative estimate of drug-likeness (QED) is 0.697. The van der Waals surface area contributed by atoms with Crippen LogP contribution < -0.4 is 5.73 Å². The van der Waals surface area contributed by atoms with E-state index in [2.05, 4.69) is 0 Å². The van der Waals surface area contributed by atoms with Gasteiger partial charge in [0.2, 0.25) is 0 Å². The molecule has 1 saturated carbocycles. The number of hydrogen-bond donors (Lipinski definition) is 3. The molecule has 1 aromatic rings. The number of rotatable bonds is 2. The fraction of sp³-hybridized carbons (Fsp3) is 0.500. The van der Waals surface area contributed by atoms with Gasteiger partial charge < -0.3 is 15.9 Å². The minimum Gasteiger partial charge on any atom is -0.504 e. The highest BCUT2D eigenvalue weighted by molar-refractivity contribution is 6.32. The van der Waals surface area contributed by atoms with Crippen molar-refractivity contribution in [3.63, 3.8) is 0 Å². The van der Waals surface area contributed by atoms with Gasteiger partial charge in [0, 0.05) is 17.5 Å². The van der Waals surface area contributed by atoms with E-state index in [9.17, 15) is 10.2 Å². The number of halogens is 1. The molecule has 88 valence electrons. The minimum absolute atomic E-state index is 0.111. The van der Waals surface area contributed by atoms with Gasteiger partial charge in [-0.2, -0.15) is 0 Å². The summed E-state index contributed by atoms with van der Waals surface area (Å²) in [6, 6.07) is 3.39. The summed E-state index contributed by atoms with van der Waals surface area (Å²) in [5, 5.41) is 19.8. The lowest BCUT2D eigenvalue weighted by Gasteiger charge is -2.28. The topological polar surface area (TPSA) is 66.5 Å². The van der Waals surface area contributed by atoms with Crippen LogP contribution >= 0.6 is 11.6 Å². The summed E-state index contributed by atoms with van der Waals surface area (Å²) in [5.74, 6) is -0.348. The molecule has 4 N–H and O–H groups in total. The second kappa shape index (κ2) is 4.15. The summed E-state index contributed by atoms with van der Waals surface area (Å²) in [5.41, 5.74) is 6.37. The Hall–Kier alpha value is -0.930. The SMILES string of the molecule is NCC1(c2ccc(Cl)c(O)c2O)CCCC1. The lowest BCUT2D eigenvalue weighted by Crippen LogP contribution is -2.32. The van der Waals surface area contributed by atoms with Gasteiger partial charge in [-0.3, -0.25) is 0 Å².